The first-order valence-electron chi connectivity index (χ1n) is 3.75. The lowest BCUT2D eigenvalue weighted by Crippen LogP contribution is -2.06. The summed E-state index contributed by atoms with van der Waals surface area (Å²) in [6.07, 6.45) is 1.89. The molecule has 1 N–H and O–H groups in total. The average molecular weight is 212 g/mol. The third-order valence-electron chi connectivity index (χ3n) is 1.70. The first-order valence-corrected chi connectivity index (χ1v) is 5.79. The number of thioether (sulfide) groups is 1. The van der Waals surface area contributed by atoms with Gasteiger partial charge in [-0.15, -0.1) is 11.3 Å². The van der Waals surface area contributed by atoms with Crippen molar-refractivity contribution in [1.82, 2.24) is 9.97 Å². The molecule has 68 valence electrons. The number of aromatic amines is 1. The lowest BCUT2D eigenvalue weighted by molar-refractivity contribution is 0.984. The molecule has 0 aliphatic carbocycles. The van der Waals surface area contributed by atoms with Crippen molar-refractivity contribution < 1.29 is 0 Å². The van der Waals surface area contributed by atoms with Crippen LogP contribution in [0, 0.1) is 6.92 Å². The van der Waals surface area contributed by atoms with E-state index in [1.807, 2.05) is 19.2 Å². The van der Waals surface area contributed by atoms with Crippen LogP contribution < -0.4 is 5.56 Å². The number of hydrogen-bond acceptors (Lipinski definition) is 4. The molecule has 3 nitrogen and oxygen atoms in total. The Morgan fingerprint density at radius 2 is 2.38 bits per heavy atom. The Morgan fingerprint density at radius 3 is 3.08 bits per heavy atom. The highest BCUT2D eigenvalue weighted by Gasteiger charge is 2.05. The maximum atomic E-state index is 11.5. The molecule has 2 rings (SSSR count). The molecule has 0 aliphatic rings. The molecule has 13 heavy (non-hydrogen) atoms. The summed E-state index contributed by atoms with van der Waals surface area (Å²) in [4.78, 5) is 20.4. The zero-order valence-electron chi connectivity index (χ0n) is 7.25. The van der Waals surface area contributed by atoms with Gasteiger partial charge in [-0.25, -0.2) is 4.98 Å². The van der Waals surface area contributed by atoms with Gasteiger partial charge >= 0.3 is 0 Å². The molecule has 0 saturated carbocycles. The molecule has 5 heteroatoms. The van der Waals surface area contributed by atoms with Gasteiger partial charge < -0.3 is 4.98 Å². The van der Waals surface area contributed by atoms with Crippen LogP contribution in [0.2, 0.25) is 0 Å². The molecule has 2 aromatic heterocycles. The predicted molar refractivity (Wildman–Crippen MR) is 56.8 cm³/mol. The highest BCUT2D eigenvalue weighted by molar-refractivity contribution is 7.98. The number of aryl methyl sites for hydroxylation is 1. The number of aromatic nitrogens is 2. The molecule has 0 radical (unpaired) electrons. The maximum Gasteiger partial charge on any atom is 0.260 e. The lowest BCUT2D eigenvalue weighted by atomic mass is 10.4. The van der Waals surface area contributed by atoms with Gasteiger partial charge in [0.15, 0.2) is 5.16 Å². The van der Waals surface area contributed by atoms with E-state index >= 15 is 0 Å². The highest BCUT2D eigenvalue weighted by Crippen LogP contribution is 2.21. The van der Waals surface area contributed by atoms with Gasteiger partial charge in [0.25, 0.3) is 5.56 Å². The van der Waals surface area contributed by atoms with Crippen LogP contribution in [0.3, 0.4) is 0 Å². The number of hydrogen-bond donors (Lipinski definition) is 1. The lowest BCUT2D eigenvalue weighted by Gasteiger charge is -1.93. The summed E-state index contributed by atoms with van der Waals surface area (Å²) in [7, 11) is 0. The molecule has 0 aliphatic heterocycles. The van der Waals surface area contributed by atoms with Gasteiger partial charge in [0.05, 0.1) is 5.39 Å². The molecular formula is C8H8N2OS2. The van der Waals surface area contributed by atoms with Gasteiger partial charge in [0.1, 0.15) is 4.83 Å². The number of nitrogens with zero attached hydrogens (tertiary/aromatic N) is 1. The standard InChI is InChI=1S/C8H8N2OS2/c1-4-3-5-6(11)9-8(12-2)10-7(5)13-4/h3H,1-2H3,(H,9,10,11). The van der Waals surface area contributed by atoms with Crippen molar-refractivity contribution in [1.29, 1.82) is 0 Å². The molecule has 0 saturated heterocycles. The fourth-order valence-electron chi connectivity index (χ4n) is 1.13. The summed E-state index contributed by atoms with van der Waals surface area (Å²) < 4.78 is 0. The Labute approximate surface area is 83.2 Å². The molecule has 0 atom stereocenters. The van der Waals surface area contributed by atoms with Crippen molar-refractivity contribution in [3.8, 4) is 0 Å². The summed E-state index contributed by atoms with van der Waals surface area (Å²) in [5, 5.41) is 1.37. The molecule has 0 aromatic carbocycles. The summed E-state index contributed by atoms with van der Waals surface area (Å²) in [5.74, 6) is 0. The van der Waals surface area contributed by atoms with Gasteiger partial charge in [-0.2, -0.15) is 0 Å². The van der Waals surface area contributed by atoms with Crippen molar-refractivity contribution in [2.75, 3.05) is 6.26 Å². The quantitative estimate of drug-likeness (QED) is 0.581. The van der Waals surface area contributed by atoms with Crippen molar-refractivity contribution in [3.63, 3.8) is 0 Å². The normalized spacial score (nSPS) is 10.9. The minimum absolute atomic E-state index is 0.0429. The summed E-state index contributed by atoms with van der Waals surface area (Å²) in [5.41, 5.74) is -0.0429. The second kappa shape index (κ2) is 3.16. The van der Waals surface area contributed by atoms with E-state index in [0.29, 0.717) is 10.5 Å². The number of rotatable bonds is 1. The van der Waals surface area contributed by atoms with Crippen LogP contribution in [0.15, 0.2) is 16.0 Å². The van der Waals surface area contributed by atoms with Crippen molar-refractivity contribution in [2.24, 2.45) is 0 Å². The van der Waals surface area contributed by atoms with E-state index in [4.69, 9.17) is 0 Å². The van der Waals surface area contributed by atoms with Crippen LogP contribution in [-0.4, -0.2) is 16.2 Å². The van der Waals surface area contributed by atoms with Gasteiger partial charge in [0.2, 0.25) is 0 Å². The number of nitrogens with one attached hydrogen (secondary N) is 1. The first-order chi connectivity index (χ1) is 6.20. The Kier molecular flexibility index (Phi) is 2.13. The largest absolute Gasteiger partial charge is 0.301 e. The molecular weight excluding hydrogens is 204 g/mol. The van der Waals surface area contributed by atoms with Crippen LogP contribution in [0.1, 0.15) is 4.88 Å². The fraction of sp³-hybridized carbons (Fsp3) is 0.250. The number of thiophene rings is 1. The zero-order chi connectivity index (χ0) is 9.42. The second-order valence-corrected chi connectivity index (χ2v) is 4.68. The number of fused-ring (bicyclic) bond motifs is 1. The van der Waals surface area contributed by atoms with Gasteiger partial charge in [-0.1, -0.05) is 11.8 Å². The SMILES string of the molecule is CSc1nc2sc(C)cc2c(=O)[nH]1. The second-order valence-electron chi connectivity index (χ2n) is 2.65. The van der Waals surface area contributed by atoms with Gasteiger partial charge in [-0.3, -0.25) is 4.79 Å². The Hall–Kier alpha value is -0.810. The summed E-state index contributed by atoms with van der Waals surface area (Å²) in [6, 6.07) is 1.87. The topological polar surface area (TPSA) is 45.8 Å². The van der Waals surface area contributed by atoms with E-state index in [-0.39, 0.29) is 5.56 Å². The van der Waals surface area contributed by atoms with Crippen molar-refractivity contribution in [3.05, 3.63) is 21.3 Å². The number of H-pyrrole nitrogens is 1. The third-order valence-corrected chi connectivity index (χ3v) is 3.22. The monoisotopic (exact) mass is 212 g/mol. The van der Waals surface area contributed by atoms with Crippen LogP contribution in [0.25, 0.3) is 10.2 Å². The summed E-state index contributed by atoms with van der Waals surface area (Å²) >= 11 is 3.00. The molecule has 0 bridgehead atoms. The van der Waals surface area contributed by atoms with E-state index in [1.165, 1.54) is 11.8 Å². The minimum atomic E-state index is -0.0429. The van der Waals surface area contributed by atoms with Crippen molar-refractivity contribution in [2.45, 2.75) is 12.1 Å². The molecule has 0 fully saturated rings. The maximum absolute atomic E-state index is 11.5. The van der Waals surface area contributed by atoms with Crippen LogP contribution in [0.4, 0.5) is 0 Å². The van der Waals surface area contributed by atoms with Crippen molar-refractivity contribution >= 4 is 33.3 Å². The predicted octanol–water partition coefficient (Wildman–Crippen LogP) is 2.01. The summed E-state index contributed by atoms with van der Waals surface area (Å²) in [6.45, 7) is 1.98. The van der Waals surface area contributed by atoms with Crippen LogP contribution in [0.5, 0.6) is 0 Å². The molecule has 2 aromatic rings. The fourth-order valence-corrected chi connectivity index (χ4v) is 2.44. The molecule has 0 unspecified atom stereocenters. The van der Waals surface area contributed by atoms with Gasteiger partial charge in [-0.05, 0) is 19.2 Å². The Morgan fingerprint density at radius 1 is 1.62 bits per heavy atom. The van der Waals surface area contributed by atoms with E-state index in [9.17, 15) is 4.79 Å². The molecule has 0 spiro atoms. The van der Waals surface area contributed by atoms with E-state index in [1.54, 1.807) is 11.3 Å². The highest BCUT2D eigenvalue weighted by atomic mass is 32.2. The van der Waals surface area contributed by atoms with E-state index in [2.05, 4.69) is 9.97 Å². The third kappa shape index (κ3) is 1.49. The molecule has 2 heterocycles. The minimum Gasteiger partial charge on any atom is -0.301 e. The van der Waals surface area contributed by atoms with Crippen LogP contribution in [-0.2, 0) is 0 Å². The van der Waals surface area contributed by atoms with E-state index in [0.717, 1.165) is 9.71 Å². The zero-order valence-corrected chi connectivity index (χ0v) is 8.88. The van der Waals surface area contributed by atoms with E-state index < -0.39 is 0 Å². The van der Waals surface area contributed by atoms with Crippen LogP contribution >= 0.6 is 23.1 Å². The Bertz CT molecular complexity index is 500. The first kappa shape index (κ1) is 8.77. The Balaban J connectivity index is 2.83. The van der Waals surface area contributed by atoms with Gasteiger partial charge in [0, 0.05) is 4.88 Å². The smallest absolute Gasteiger partial charge is 0.260 e. The average Bonchev–Trinajstić information content (AvgIpc) is 2.46. The molecule has 0 amide bonds.